The summed E-state index contributed by atoms with van der Waals surface area (Å²) in [5, 5.41) is 10.4. The van der Waals surface area contributed by atoms with Crippen LogP contribution in [0.3, 0.4) is 0 Å². The van der Waals surface area contributed by atoms with E-state index in [1.54, 1.807) is 6.07 Å². The molecule has 0 spiro atoms. The first-order chi connectivity index (χ1) is 19.5. The Morgan fingerprint density at radius 3 is 2.48 bits per heavy atom. The summed E-state index contributed by atoms with van der Waals surface area (Å²) in [5.74, 6) is -0.226. The molecule has 4 fully saturated rings. The van der Waals surface area contributed by atoms with Gasteiger partial charge in [0.15, 0.2) is 0 Å². The summed E-state index contributed by atoms with van der Waals surface area (Å²) < 4.78 is 16.8. The topological polar surface area (TPSA) is 61.6 Å². The Bertz CT molecular complexity index is 1340. The van der Waals surface area contributed by atoms with Crippen molar-refractivity contribution in [3.8, 4) is 0 Å². The van der Waals surface area contributed by atoms with Crippen LogP contribution in [0.25, 0.3) is 11.0 Å². The third-order valence-electron chi connectivity index (χ3n) is 10.7. The molecule has 2 bridgehead atoms. The number of carbonyl (C=O) groups is 1. The molecule has 1 saturated carbocycles. The minimum atomic E-state index is -0.681. The number of likely N-dealkylation sites (tertiary alicyclic amines) is 1. The van der Waals surface area contributed by atoms with Crippen LogP contribution in [0.5, 0.6) is 0 Å². The summed E-state index contributed by atoms with van der Waals surface area (Å²) >= 11 is 0. The highest BCUT2D eigenvalue weighted by molar-refractivity contribution is 5.75. The molecule has 0 radical (unpaired) electrons. The van der Waals surface area contributed by atoms with E-state index in [2.05, 4.69) is 43.6 Å². The molecule has 2 aromatic carbocycles. The first kappa shape index (κ1) is 26.1. The Kier molecular flexibility index (Phi) is 7.13. The molecule has 6 nitrogen and oxygen atoms in total. The van der Waals surface area contributed by atoms with Gasteiger partial charge in [-0.05, 0) is 80.2 Å². The van der Waals surface area contributed by atoms with Gasteiger partial charge < -0.3 is 9.67 Å². The summed E-state index contributed by atoms with van der Waals surface area (Å²) in [7, 11) is 0. The SMILES string of the molecule is O=C(O)[C@@H](C1CCCCC1)N1C[C@H](CN2[C@@H]3CC[C@H]2C[C@H](n2cnc4ccccc42)C3)[C@@H](c2cccc(F)c2)C1. The van der Waals surface area contributed by atoms with Crippen LogP contribution in [0, 0.1) is 17.7 Å². The van der Waals surface area contributed by atoms with E-state index in [0.717, 1.165) is 62.7 Å². The van der Waals surface area contributed by atoms with Gasteiger partial charge in [-0.3, -0.25) is 14.6 Å². The Morgan fingerprint density at radius 2 is 1.73 bits per heavy atom. The van der Waals surface area contributed by atoms with Crippen LogP contribution in [0.4, 0.5) is 4.39 Å². The van der Waals surface area contributed by atoms with E-state index in [-0.39, 0.29) is 17.7 Å². The van der Waals surface area contributed by atoms with Gasteiger partial charge in [0, 0.05) is 43.7 Å². The lowest BCUT2D eigenvalue weighted by atomic mass is 9.83. The molecule has 4 heterocycles. The predicted octanol–water partition coefficient (Wildman–Crippen LogP) is 6.09. The van der Waals surface area contributed by atoms with Crippen molar-refractivity contribution in [1.82, 2.24) is 19.4 Å². The number of rotatable bonds is 7. The van der Waals surface area contributed by atoms with E-state index >= 15 is 0 Å². The fraction of sp³-hybridized carbons (Fsp3) is 0.576. The summed E-state index contributed by atoms with van der Waals surface area (Å²) in [5.41, 5.74) is 3.31. The molecule has 1 aliphatic carbocycles. The van der Waals surface area contributed by atoms with Crippen molar-refractivity contribution in [2.45, 2.75) is 87.9 Å². The van der Waals surface area contributed by atoms with Gasteiger partial charge in [-0.25, -0.2) is 9.37 Å². The average molecular weight is 545 g/mol. The number of aromatic nitrogens is 2. The Balaban J connectivity index is 1.12. The molecule has 4 aliphatic rings. The minimum absolute atomic E-state index is 0.149. The third kappa shape index (κ3) is 4.85. The van der Waals surface area contributed by atoms with Crippen LogP contribution in [-0.2, 0) is 4.79 Å². The molecule has 0 unspecified atom stereocenters. The minimum Gasteiger partial charge on any atom is -0.480 e. The van der Waals surface area contributed by atoms with Gasteiger partial charge in [0.1, 0.15) is 11.9 Å². The lowest BCUT2D eigenvalue weighted by molar-refractivity contribution is -0.145. The zero-order chi connectivity index (χ0) is 27.2. The molecule has 0 amide bonds. The fourth-order valence-corrected chi connectivity index (χ4v) is 8.85. The van der Waals surface area contributed by atoms with E-state index in [4.69, 9.17) is 0 Å². The van der Waals surface area contributed by atoms with Crippen molar-refractivity contribution < 1.29 is 14.3 Å². The second-order valence-corrected chi connectivity index (χ2v) is 12.9. The number of fused-ring (bicyclic) bond motifs is 3. The second-order valence-electron chi connectivity index (χ2n) is 12.9. The first-order valence-corrected chi connectivity index (χ1v) is 15.4. The third-order valence-corrected chi connectivity index (χ3v) is 10.7. The number of carboxylic acid groups (broad SMARTS) is 1. The van der Waals surface area contributed by atoms with Gasteiger partial charge in [-0.15, -0.1) is 0 Å². The van der Waals surface area contributed by atoms with Crippen molar-refractivity contribution in [1.29, 1.82) is 0 Å². The average Bonchev–Trinajstić information content (AvgIpc) is 3.63. The fourth-order valence-electron chi connectivity index (χ4n) is 8.85. The number of piperidine rings is 1. The lowest BCUT2D eigenvalue weighted by Crippen LogP contribution is -2.48. The standard InChI is InChI=1S/C33H41FN4O2/c34-25-10-6-9-23(15-25)29-20-36(32(33(39)40)22-7-2-1-3-8-22)18-24(29)19-37-26-13-14-27(37)17-28(16-26)38-21-35-30-11-4-5-12-31(30)38/h4-6,9-12,15,21-22,24,26-29,32H,1-3,7-8,13-14,16-20H2,(H,39,40)/t24-,26-,27+,28-,29-,32-/m1/s1. The van der Waals surface area contributed by atoms with Crippen LogP contribution in [-0.4, -0.2) is 68.2 Å². The maximum absolute atomic E-state index is 14.4. The van der Waals surface area contributed by atoms with Crippen LogP contribution < -0.4 is 0 Å². The molecule has 212 valence electrons. The van der Waals surface area contributed by atoms with Gasteiger partial charge >= 0.3 is 5.97 Å². The van der Waals surface area contributed by atoms with Crippen molar-refractivity contribution in [2.24, 2.45) is 11.8 Å². The smallest absolute Gasteiger partial charge is 0.321 e. The number of imidazole rings is 1. The number of hydrogen-bond acceptors (Lipinski definition) is 4. The monoisotopic (exact) mass is 544 g/mol. The lowest BCUT2D eigenvalue weighted by Gasteiger charge is -2.41. The number of nitrogens with zero attached hydrogens (tertiary/aromatic N) is 4. The number of benzene rings is 2. The van der Waals surface area contributed by atoms with Crippen molar-refractivity contribution in [3.05, 3.63) is 66.2 Å². The quantitative estimate of drug-likeness (QED) is 0.390. The number of para-hydroxylation sites is 2. The molecular weight excluding hydrogens is 503 g/mol. The predicted molar refractivity (Wildman–Crippen MR) is 154 cm³/mol. The maximum Gasteiger partial charge on any atom is 0.321 e. The van der Waals surface area contributed by atoms with E-state index in [0.29, 0.717) is 30.6 Å². The maximum atomic E-state index is 14.4. The van der Waals surface area contributed by atoms with E-state index in [1.807, 2.05) is 18.5 Å². The number of carboxylic acids is 1. The molecular formula is C33H41FN4O2. The molecule has 3 saturated heterocycles. The summed E-state index contributed by atoms with van der Waals surface area (Å²) in [6.45, 7) is 2.44. The van der Waals surface area contributed by atoms with Gasteiger partial charge in [-0.1, -0.05) is 43.5 Å². The van der Waals surface area contributed by atoms with Gasteiger partial charge in [0.25, 0.3) is 0 Å². The van der Waals surface area contributed by atoms with Crippen molar-refractivity contribution in [3.63, 3.8) is 0 Å². The molecule has 6 atom stereocenters. The highest BCUT2D eigenvalue weighted by atomic mass is 19.1. The molecule has 3 aliphatic heterocycles. The largest absolute Gasteiger partial charge is 0.480 e. The highest BCUT2D eigenvalue weighted by Crippen LogP contribution is 2.45. The summed E-state index contributed by atoms with van der Waals surface area (Å²) in [6, 6.07) is 16.6. The molecule has 1 aromatic heterocycles. The highest BCUT2D eigenvalue weighted by Gasteiger charge is 2.47. The van der Waals surface area contributed by atoms with E-state index in [1.165, 1.54) is 30.8 Å². The number of halogens is 1. The normalized spacial score (nSPS) is 30.7. The van der Waals surface area contributed by atoms with Crippen LogP contribution in [0.15, 0.2) is 54.9 Å². The van der Waals surface area contributed by atoms with Crippen molar-refractivity contribution >= 4 is 17.0 Å². The molecule has 7 rings (SSSR count). The molecule has 3 aromatic rings. The van der Waals surface area contributed by atoms with Crippen LogP contribution in [0.1, 0.15) is 75.3 Å². The number of hydrogen-bond donors (Lipinski definition) is 1. The van der Waals surface area contributed by atoms with Gasteiger partial charge in [0.2, 0.25) is 0 Å². The van der Waals surface area contributed by atoms with Crippen LogP contribution in [0.2, 0.25) is 0 Å². The zero-order valence-corrected chi connectivity index (χ0v) is 23.2. The summed E-state index contributed by atoms with van der Waals surface area (Å²) in [6.07, 6.45) is 12.2. The van der Waals surface area contributed by atoms with Gasteiger partial charge in [0.05, 0.1) is 17.4 Å². The molecule has 1 N–H and O–H groups in total. The number of aliphatic carboxylic acids is 1. The van der Waals surface area contributed by atoms with E-state index < -0.39 is 12.0 Å². The zero-order valence-electron chi connectivity index (χ0n) is 23.2. The Morgan fingerprint density at radius 1 is 0.950 bits per heavy atom. The van der Waals surface area contributed by atoms with Gasteiger partial charge in [-0.2, -0.15) is 0 Å². The first-order valence-electron chi connectivity index (χ1n) is 15.4. The Hall–Kier alpha value is -2.77. The van der Waals surface area contributed by atoms with Crippen LogP contribution >= 0.6 is 0 Å². The summed E-state index contributed by atoms with van der Waals surface area (Å²) in [4.78, 5) is 22.3. The second kappa shape index (κ2) is 10.9. The molecule has 7 heteroatoms. The van der Waals surface area contributed by atoms with Crippen molar-refractivity contribution in [2.75, 3.05) is 19.6 Å². The Labute approximate surface area is 236 Å². The molecule has 40 heavy (non-hydrogen) atoms. The van der Waals surface area contributed by atoms with E-state index in [9.17, 15) is 14.3 Å².